The molecule has 1 aromatic carbocycles. The van der Waals surface area contributed by atoms with Gasteiger partial charge in [0.2, 0.25) is 0 Å². The first-order chi connectivity index (χ1) is 7.72. The van der Waals surface area contributed by atoms with Gasteiger partial charge in [0.05, 0.1) is 13.2 Å². The summed E-state index contributed by atoms with van der Waals surface area (Å²) in [5.74, 6) is 0.0826. The number of aryl methyl sites for hydroxylation is 1. The number of nitrogens with two attached hydrogens (primary N) is 1. The fourth-order valence-electron chi connectivity index (χ4n) is 1.65. The van der Waals surface area contributed by atoms with Gasteiger partial charge in [-0.05, 0) is 18.6 Å². The molecule has 0 bridgehead atoms. The average molecular weight is 222 g/mol. The van der Waals surface area contributed by atoms with Gasteiger partial charge in [-0.2, -0.15) is 0 Å². The Kier molecular flexibility index (Phi) is 3.07. The maximum Gasteiger partial charge on any atom is 0.184 e. The van der Waals surface area contributed by atoms with Crippen molar-refractivity contribution >= 4 is 5.84 Å². The number of nitrogens with zero attached hydrogens (tertiary/aromatic N) is 1. The smallest absolute Gasteiger partial charge is 0.184 e. The highest BCUT2D eigenvalue weighted by atomic mass is 16.7. The standard InChI is InChI=1S/C11H14N2O3/c1-7-2-3-8(10(12)13-14)6-9(7)11-15-4-5-16-11/h2-3,6,11,14H,4-5H2,1H3,(H2,12,13). The van der Waals surface area contributed by atoms with Gasteiger partial charge in [0, 0.05) is 11.1 Å². The average Bonchev–Trinajstić information content (AvgIpc) is 2.82. The number of hydrogen-bond donors (Lipinski definition) is 2. The molecule has 0 atom stereocenters. The van der Waals surface area contributed by atoms with Crippen molar-refractivity contribution in [2.75, 3.05) is 13.2 Å². The first-order valence-electron chi connectivity index (χ1n) is 5.04. The van der Waals surface area contributed by atoms with E-state index < -0.39 is 0 Å². The number of oxime groups is 1. The molecule has 1 aromatic rings. The lowest BCUT2D eigenvalue weighted by atomic mass is 10.0. The Labute approximate surface area is 93.5 Å². The van der Waals surface area contributed by atoms with E-state index in [9.17, 15) is 0 Å². The minimum absolute atomic E-state index is 0.0826. The molecule has 0 radical (unpaired) electrons. The van der Waals surface area contributed by atoms with E-state index in [2.05, 4.69) is 5.16 Å². The summed E-state index contributed by atoms with van der Waals surface area (Å²) in [6, 6.07) is 5.51. The van der Waals surface area contributed by atoms with Crippen LogP contribution in [-0.4, -0.2) is 24.3 Å². The lowest BCUT2D eigenvalue weighted by molar-refractivity contribution is -0.0445. The van der Waals surface area contributed by atoms with Crippen LogP contribution < -0.4 is 5.73 Å². The maximum atomic E-state index is 8.61. The predicted molar refractivity (Wildman–Crippen MR) is 58.3 cm³/mol. The van der Waals surface area contributed by atoms with Gasteiger partial charge in [-0.3, -0.25) is 0 Å². The number of rotatable bonds is 2. The van der Waals surface area contributed by atoms with Crippen LogP contribution in [0.25, 0.3) is 0 Å². The SMILES string of the molecule is Cc1ccc(/C(N)=N/O)cc1C1OCCO1. The Hall–Kier alpha value is -1.59. The Morgan fingerprint density at radius 3 is 2.75 bits per heavy atom. The largest absolute Gasteiger partial charge is 0.409 e. The Balaban J connectivity index is 2.36. The zero-order chi connectivity index (χ0) is 11.5. The molecule has 0 aromatic heterocycles. The summed E-state index contributed by atoms with van der Waals surface area (Å²) in [4.78, 5) is 0. The Morgan fingerprint density at radius 1 is 1.44 bits per heavy atom. The van der Waals surface area contributed by atoms with Gasteiger partial charge in [-0.15, -0.1) is 0 Å². The van der Waals surface area contributed by atoms with E-state index in [1.807, 2.05) is 19.1 Å². The lowest BCUT2D eigenvalue weighted by Gasteiger charge is -2.13. The summed E-state index contributed by atoms with van der Waals surface area (Å²) in [5, 5.41) is 11.6. The molecule has 5 heteroatoms. The molecular formula is C11H14N2O3. The second-order valence-corrected chi connectivity index (χ2v) is 3.63. The molecule has 1 saturated heterocycles. The minimum Gasteiger partial charge on any atom is -0.409 e. The predicted octanol–water partition coefficient (Wildman–Crippen LogP) is 1.13. The molecule has 0 saturated carbocycles. The molecule has 0 unspecified atom stereocenters. The topological polar surface area (TPSA) is 77.1 Å². The van der Waals surface area contributed by atoms with E-state index in [0.29, 0.717) is 18.8 Å². The van der Waals surface area contributed by atoms with Crippen molar-refractivity contribution < 1.29 is 14.7 Å². The van der Waals surface area contributed by atoms with Gasteiger partial charge >= 0.3 is 0 Å². The fourth-order valence-corrected chi connectivity index (χ4v) is 1.65. The van der Waals surface area contributed by atoms with E-state index >= 15 is 0 Å². The van der Waals surface area contributed by atoms with Crippen LogP contribution in [-0.2, 0) is 9.47 Å². The molecule has 1 heterocycles. The monoisotopic (exact) mass is 222 g/mol. The van der Waals surface area contributed by atoms with E-state index in [1.165, 1.54) is 0 Å². The summed E-state index contributed by atoms with van der Waals surface area (Å²) in [6.07, 6.45) is -0.341. The van der Waals surface area contributed by atoms with Gasteiger partial charge in [0.25, 0.3) is 0 Å². The van der Waals surface area contributed by atoms with Gasteiger partial charge in [-0.25, -0.2) is 0 Å². The van der Waals surface area contributed by atoms with Crippen molar-refractivity contribution in [1.82, 2.24) is 0 Å². The zero-order valence-corrected chi connectivity index (χ0v) is 9.01. The number of amidine groups is 1. The van der Waals surface area contributed by atoms with Crippen LogP contribution in [0.3, 0.4) is 0 Å². The van der Waals surface area contributed by atoms with E-state index in [1.54, 1.807) is 6.07 Å². The van der Waals surface area contributed by atoms with Crippen molar-refractivity contribution in [1.29, 1.82) is 0 Å². The Morgan fingerprint density at radius 2 is 2.12 bits per heavy atom. The van der Waals surface area contributed by atoms with Crippen LogP contribution >= 0.6 is 0 Å². The molecule has 3 N–H and O–H groups in total. The summed E-state index contributed by atoms with van der Waals surface area (Å²) >= 11 is 0. The summed E-state index contributed by atoms with van der Waals surface area (Å²) in [6.45, 7) is 3.16. The zero-order valence-electron chi connectivity index (χ0n) is 9.01. The lowest BCUT2D eigenvalue weighted by Crippen LogP contribution is -2.14. The molecule has 0 spiro atoms. The number of hydrogen-bond acceptors (Lipinski definition) is 4. The molecule has 2 rings (SSSR count). The fraction of sp³-hybridized carbons (Fsp3) is 0.364. The molecule has 16 heavy (non-hydrogen) atoms. The van der Waals surface area contributed by atoms with Crippen molar-refractivity contribution in [2.24, 2.45) is 10.9 Å². The second-order valence-electron chi connectivity index (χ2n) is 3.63. The molecule has 1 aliphatic rings. The third-order valence-corrected chi connectivity index (χ3v) is 2.56. The summed E-state index contributed by atoms with van der Waals surface area (Å²) in [5.41, 5.74) is 8.16. The van der Waals surface area contributed by atoms with Crippen LogP contribution in [0.15, 0.2) is 23.4 Å². The molecule has 86 valence electrons. The van der Waals surface area contributed by atoms with Crippen molar-refractivity contribution in [3.63, 3.8) is 0 Å². The van der Waals surface area contributed by atoms with Crippen LogP contribution in [0, 0.1) is 6.92 Å². The van der Waals surface area contributed by atoms with Crippen molar-refractivity contribution in [3.05, 3.63) is 34.9 Å². The van der Waals surface area contributed by atoms with Gasteiger partial charge in [-0.1, -0.05) is 17.3 Å². The normalized spacial score (nSPS) is 17.9. The van der Waals surface area contributed by atoms with Gasteiger partial charge in [0.1, 0.15) is 0 Å². The number of benzene rings is 1. The van der Waals surface area contributed by atoms with Crippen molar-refractivity contribution in [3.8, 4) is 0 Å². The molecule has 0 aliphatic carbocycles. The van der Waals surface area contributed by atoms with Crippen LogP contribution in [0.1, 0.15) is 23.0 Å². The first-order valence-corrected chi connectivity index (χ1v) is 5.04. The maximum absolute atomic E-state index is 8.61. The van der Waals surface area contributed by atoms with Gasteiger partial charge in [0.15, 0.2) is 12.1 Å². The third kappa shape index (κ3) is 2.00. The highest BCUT2D eigenvalue weighted by Gasteiger charge is 2.20. The van der Waals surface area contributed by atoms with E-state index in [0.717, 1.165) is 11.1 Å². The third-order valence-electron chi connectivity index (χ3n) is 2.56. The van der Waals surface area contributed by atoms with Crippen LogP contribution in [0.2, 0.25) is 0 Å². The first kappa shape index (κ1) is 10.9. The Bertz CT molecular complexity index is 412. The highest BCUT2D eigenvalue weighted by molar-refractivity contribution is 5.97. The molecule has 5 nitrogen and oxygen atoms in total. The van der Waals surface area contributed by atoms with Crippen LogP contribution in [0.4, 0.5) is 0 Å². The van der Waals surface area contributed by atoms with E-state index in [-0.39, 0.29) is 12.1 Å². The molecule has 1 aliphatic heterocycles. The second kappa shape index (κ2) is 4.51. The molecular weight excluding hydrogens is 208 g/mol. The summed E-state index contributed by atoms with van der Waals surface area (Å²) < 4.78 is 10.8. The van der Waals surface area contributed by atoms with Crippen molar-refractivity contribution in [2.45, 2.75) is 13.2 Å². The molecule has 0 amide bonds. The minimum atomic E-state index is -0.341. The van der Waals surface area contributed by atoms with Crippen LogP contribution in [0.5, 0.6) is 0 Å². The van der Waals surface area contributed by atoms with Gasteiger partial charge < -0.3 is 20.4 Å². The summed E-state index contributed by atoms with van der Waals surface area (Å²) in [7, 11) is 0. The molecule has 1 fully saturated rings. The highest BCUT2D eigenvalue weighted by Crippen LogP contribution is 2.26. The van der Waals surface area contributed by atoms with E-state index in [4.69, 9.17) is 20.4 Å². The quantitative estimate of drug-likeness (QED) is 0.340. The number of ether oxygens (including phenoxy) is 2.